The number of rotatable bonds is 6. The number of methoxy groups -OCH3 is 1. The lowest BCUT2D eigenvalue weighted by Gasteiger charge is -2.17. The van der Waals surface area contributed by atoms with Crippen LogP contribution in [-0.2, 0) is 9.53 Å². The number of esters is 1. The monoisotopic (exact) mass is 314 g/mol. The Morgan fingerprint density at radius 2 is 2.17 bits per heavy atom. The maximum atomic E-state index is 11.6. The van der Waals surface area contributed by atoms with E-state index in [9.17, 15) is 4.79 Å². The van der Waals surface area contributed by atoms with E-state index >= 15 is 0 Å². The van der Waals surface area contributed by atoms with Gasteiger partial charge in [-0.25, -0.2) is 4.79 Å². The summed E-state index contributed by atoms with van der Waals surface area (Å²) in [5.41, 5.74) is 1.08. The first-order valence-electron chi connectivity index (χ1n) is 6.09. The van der Waals surface area contributed by atoms with E-state index in [4.69, 9.17) is 9.47 Å². The molecular weight excluding hydrogens is 296 g/mol. The third-order valence-corrected chi connectivity index (χ3v) is 3.58. The van der Waals surface area contributed by atoms with Gasteiger partial charge in [0.1, 0.15) is 5.75 Å². The molecule has 4 heteroatoms. The first-order valence-corrected chi connectivity index (χ1v) is 6.88. The lowest BCUT2D eigenvalue weighted by atomic mass is 10.1. The average molecular weight is 315 g/mol. The van der Waals surface area contributed by atoms with Gasteiger partial charge in [0, 0.05) is 4.47 Å². The Hall–Kier alpha value is -1.03. The second kappa shape index (κ2) is 7.41. The van der Waals surface area contributed by atoms with E-state index in [1.165, 1.54) is 7.11 Å². The number of aryl methyl sites for hydroxylation is 1. The van der Waals surface area contributed by atoms with Gasteiger partial charge in [-0.2, -0.15) is 0 Å². The summed E-state index contributed by atoms with van der Waals surface area (Å²) >= 11 is 3.43. The molecule has 1 aromatic carbocycles. The maximum Gasteiger partial charge on any atom is 0.347 e. The van der Waals surface area contributed by atoms with Gasteiger partial charge in [-0.05, 0) is 43.5 Å². The van der Waals surface area contributed by atoms with Gasteiger partial charge in [0.05, 0.1) is 7.11 Å². The number of ether oxygens (including phenoxy) is 2. The fraction of sp³-hybridized carbons (Fsp3) is 0.500. The van der Waals surface area contributed by atoms with Crippen molar-refractivity contribution in [3.8, 4) is 5.75 Å². The van der Waals surface area contributed by atoms with Crippen molar-refractivity contribution in [1.29, 1.82) is 0 Å². The van der Waals surface area contributed by atoms with Gasteiger partial charge in [-0.1, -0.05) is 29.3 Å². The standard InChI is InChI=1S/C14H19BrO3/c1-4-5-6-13(14(16)17-3)18-11-7-8-12(15)10(2)9-11/h7-9,13H,4-6H2,1-3H3. The minimum absolute atomic E-state index is 0.316. The zero-order valence-electron chi connectivity index (χ0n) is 11.0. The van der Waals surface area contributed by atoms with Crippen LogP contribution in [0.1, 0.15) is 31.7 Å². The van der Waals surface area contributed by atoms with Crippen LogP contribution in [0.15, 0.2) is 22.7 Å². The lowest BCUT2D eigenvalue weighted by molar-refractivity contribution is -0.149. The van der Waals surface area contributed by atoms with Crippen molar-refractivity contribution in [3.05, 3.63) is 28.2 Å². The zero-order chi connectivity index (χ0) is 13.5. The number of carbonyl (C=O) groups is 1. The van der Waals surface area contributed by atoms with Crippen LogP contribution in [0.2, 0.25) is 0 Å². The van der Waals surface area contributed by atoms with Gasteiger partial charge < -0.3 is 9.47 Å². The molecule has 1 aromatic rings. The molecule has 0 aliphatic rings. The second-order valence-electron chi connectivity index (χ2n) is 4.18. The van der Waals surface area contributed by atoms with Gasteiger partial charge in [-0.3, -0.25) is 0 Å². The SMILES string of the molecule is CCCCC(Oc1ccc(Br)c(C)c1)C(=O)OC. The van der Waals surface area contributed by atoms with Crippen molar-refractivity contribution in [2.24, 2.45) is 0 Å². The number of halogens is 1. The molecule has 0 fully saturated rings. The maximum absolute atomic E-state index is 11.6. The number of hydrogen-bond donors (Lipinski definition) is 0. The molecule has 0 amide bonds. The highest BCUT2D eigenvalue weighted by molar-refractivity contribution is 9.10. The van der Waals surface area contributed by atoms with E-state index in [0.717, 1.165) is 22.9 Å². The molecular formula is C14H19BrO3. The first kappa shape index (κ1) is 15.0. The zero-order valence-corrected chi connectivity index (χ0v) is 12.6. The highest BCUT2D eigenvalue weighted by Crippen LogP contribution is 2.23. The van der Waals surface area contributed by atoms with E-state index in [2.05, 4.69) is 22.9 Å². The summed E-state index contributed by atoms with van der Waals surface area (Å²) in [6, 6.07) is 5.67. The smallest absolute Gasteiger partial charge is 0.347 e. The molecule has 0 spiro atoms. The van der Waals surface area contributed by atoms with Crippen molar-refractivity contribution in [2.75, 3.05) is 7.11 Å². The number of unbranched alkanes of at least 4 members (excludes halogenated alkanes) is 1. The number of benzene rings is 1. The summed E-state index contributed by atoms with van der Waals surface area (Å²) in [7, 11) is 1.39. The largest absolute Gasteiger partial charge is 0.479 e. The minimum Gasteiger partial charge on any atom is -0.479 e. The Balaban J connectivity index is 2.75. The molecule has 0 bridgehead atoms. The van der Waals surface area contributed by atoms with Crippen LogP contribution in [-0.4, -0.2) is 19.2 Å². The molecule has 0 saturated carbocycles. The van der Waals surface area contributed by atoms with Gasteiger partial charge >= 0.3 is 5.97 Å². The molecule has 0 radical (unpaired) electrons. The Morgan fingerprint density at radius 3 is 2.72 bits per heavy atom. The normalized spacial score (nSPS) is 12.0. The van der Waals surface area contributed by atoms with Crippen LogP contribution in [0.3, 0.4) is 0 Å². The summed E-state index contributed by atoms with van der Waals surface area (Å²) in [6.07, 6.45) is 2.12. The Bertz CT molecular complexity index is 404. The van der Waals surface area contributed by atoms with Crippen molar-refractivity contribution in [2.45, 2.75) is 39.2 Å². The fourth-order valence-corrected chi connectivity index (χ4v) is 1.85. The molecule has 0 aliphatic carbocycles. The lowest BCUT2D eigenvalue weighted by Crippen LogP contribution is -2.28. The van der Waals surface area contributed by atoms with Gasteiger partial charge in [0.15, 0.2) is 6.10 Å². The van der Waals surface area contributed by atoms with Crippen molar-refractivity contribution < 1.29 is 14.3 Å². The number of carbonyl (C=O) groups excluding carboxylic acids is 1. The van der Waals surface area contributed by atoms with Crippen molar-refractivity contribution >= 4 is 21.9 Å². The van der Waals surface area contributed by atoms with Crippen LogP contribution in [0.5, 0.6) is 5.75 Å². The van der Waals surface area contributed by atoms with Gasteiger partial charge in [-0.15, -0.1) is 0 Å². The third kappa shape index (κ3) is 4.33. The van der Waals surface area contributed by atoms with Gasteiger partial charge in [0.2, 0.25) is 0 Å². The van der Waals surface area contributed by atoms with E-state index in [-0.39, 0.29) is 5.97 Å². The van der Waals surface area contributed by atoms with E-state index in [1.807, 2.05) is 25.1 Å². The molecule has 100 valence electrons. The summed E-state index contributed by atoms with van der Waals surface area (Å²) in [5, 5.41) is 0. The van der Waals surface area contributed by atoms with Crippen LogP contribution in [0, 0.1) is 6.92 Å². The summed E-state index contributed by atoms with van der Waals surface area (Å²) < 4.78 is 11.5. The molecule has 0 saturated heterocycles. The van der Waals surface area contributed by atoms with Crippen molar-refractivity contribution in [3.63, 3.8) is 0 Å². The molecule has 0 aliphatic heterocycles. The first-order chi connectivity index (χ1) is 8.58. The van der Waals surface area contributed by atoms with Crippen LogP contribution in [0.4, 0.5) is 0 Å². The molecule has 1 rings (SSSR count). The number of hydrogen-bond acceptors (Lipinski definition) is 3. The van der Waals surface area contributed by atoms with Crippen LogP contribution >= 0.6 is 15.9 Å². The minimum atomic E-state index is -0.518. The highest BCUT2D eigenvalue weighted by atomic mass is 79.9. The molecule has 0 aromatic heterocycles. The Labute approximate surface area is 117 Å². The van der Waals surface area contributed by atoms with Gasteiger partial charge in [0.25, 0.3) is 0 Å². The molecule has 1 unspecified atom stereocenters. The van der Waals surface area contributed by atoms with Crippen molar-refractivity contribution in [1.82, 2.24) is 0 Å². The summed E-state index contributed by atoms with van der Waals surface area (Å²) in [4.78, 5) is 11.6. The van der Waals surface area contributed by atoms with E-state index in [1.54, 1.807) is 0 Å². The van der Waals surface area contributed by atoms with E-state index < -0.39 is 6.10 Å². The van der Waals surface area contributed by atoms with Crippen LogP contribution < -0.4 is 4.74 Å². The molecule has 0 N–H and O–H groups in total. The summed E-state index contributed by atoms with van der Waals surface area (Å²) in [5.74, 6) is 0.381. The second-order valence-corrected chi connectivity index (χ2v) is 5.04. The predicted octanol–water partition coefficient (Wildman–Crippen LogP) is 3.87. The third-order valence-electron chi connectivity index (χ3n) is 2.69. The Kier molecular flexibility index (Phi) is 6.19. The summed E-state index contributed by atoms with van der Waals surface area (Å²) in [6.45, 7) is 4.06. The highest BCUT2D eigenvalue weighted by Gasteiger charge is 2.20. The molecule has 1 atom stereocenters. The van der Waals surface area contributed by atoms with Crippen LogP contribution in [0.25, 0.3) is 0 Å². The van der Waals surface area contributed by atoms with E-state index in [0.29, 0.717) is 12.2 Å². The Morgan fingerprint density at radius 1 is 1.44 bits per heavy atom. The molecule has 0 heterocycles. The predicted molar refractivity (Wildman–Crippen MR) is 74.8 cm³/mol. The molecule has 3 nitrogen and oxygen atoms in total. The topological polar surface area (TPSA) is 35.5 Å². The fourth-order valence-electron chi connectivity index (χ4n) is 1.60. The quantitative estimate of drug-likeness (QED) is 0.748. The molecule has 18 heavy (non-hydrogen) atoms. The average Bonchev–Trinajstić information content (AvgIpc) is 2.37.